The number of aryl methyl sites for hydroxylation is 1. The molecule has 0 atom stereocenters. The first-order chi connectivity index (χ1) is 12.5. The Hall–Kier alpha value is -1.95. The number of rotatable bonds is 6. The number of halogens is 2. The summed E-state index contributed by atoms with van der Waals surface area (Å²) >= 11 is 13.8. The highest BCUT2D eigenvalue weighted by molar-refractivity contribution is 7.22. The molecule has 3 aromatic rings. The Labute approximate surface area is 165 Å². The van der Waals surface area contributed by atoms with Crippen molar-refractivity contribution in [2.45, 2.75) is 6.92 Å². The molecular weight excluding hydrogens is 395 g/mol. The Bertz CT molecular complexity index is 935. The summed E-state index contributed by atoms with van der Waals surface area (Å²) in [5.41, 5.74) is 1.15. The van der Waals surface area contributed by atoms with Gasteiger partial charge in [-0.1, -0.05) is 40.9 Å². The minimum Gasteiger partial charge on any atom is -0.495 e. The Morgan fingerprint density at radius 1 is 1.04 bits per heavy atom. The van der Waals surface area contributed by atoms with Crippen LogP contribution in [0.25, 0.3) is 10.1 Å². The molecule has 136 valence electrons. The second-order valence-corrected chi connectivity index (χ2v) is 7.28. The Morgan fingerprint density at radius 3 is 2.46 bits per heavy atom. The first kappa shape index (κ1) is 18.8. The first-order valence-corrected chi connectivity index (χ1v) is 9.39. The van der Waals surface area contributed by atoms with Crippen LogP contribution in [0.1, 0.15) is 15.2 Å². The van der Waals surface area contributed by atoms with Crippen molar-refractivity contribution in [3.8, 4) is 11.5 Å². The average Bonchev–Trinajstić information content (AvgIpc) is 2.98. The van der Waals surface area contributed by atoms with E-state index in [-0.39, 0.29) is 13.2 Å². The summed E-state index contributed by atoms with van der Waals surface area (Å²) in [5, 5.41) is 1.46. The zero-order chi connectivity index (χ0) is 18.7. The van der Waals surface area contributed by atoms with Crippen LogP contribution in [-0.2, 0) is 4.74 Å². The molecule has 0 radical (unpaired) electrons. The van der Waals surface area contributed by atoms with Crippen molar-refractivity contribution in [2.24, 2.45) is 0 Å². The molecule has 0 aliphatic rings. The summed E-state index contributed by atoms with van der Waals surface area (Å²) in [6.07, 6.45) is 0. The van der Waals surface area contributed by atoms with Gasteiger partial charge in [0.25, 0.3) is 0 Å². The summed E-state index contributed by atoms with van der Waals surface area (Å²) in [6.45, 7) is 2.38. The molecule has 2 aromatic carbocycles. The van der Waals surface area contributed by atoms with Gasteiger partial charge in [-0.05, 0) is 31.2 Å². The highest BCUT2D eigenvalue weighted by atomic mass is 35.5. The van der Waals surface area contributed by atoms with E-state index in [0.717, 1.165) is 11.3 Å². The molecule has 0 amide bonds. The highest BCUT2D eigenvalue weighted by Gasteiger charge is 2.21. The van der Waals surface area contributed by atoms with Gasteiger partial charge in [0, 0.05) is 5.39 Å². The molecule has 4 nitrogen and oxygen atoms in total. The normalized spacial score (nSPS) is 10.8. The van der Waals surface area contributed by atoms with Gasteiger partial charge >= 0.3 is 5.97 Å². The van der Waals surface area contributed by atoms with Gasteiger partial charge < -0.3 is 14.2 Å². The molecule has 1 heterocycles. The smallest absolute Gasteiger partial charge is 0.350 e. The highest BCUT2D eigenvalue weighted by Crippen LogP contribution is 2.43. The number of thiophene rings is 1. The molecule has 3 rings (SSSR count). The van der Waals surface area contributed by atoms with Crippen molar-refractivity contribution in [3.63, 3.8) is 0 Å². The number of carbonyl (C=O) groups is 1. The number of carbonyl (C=O) groups excluding carboxylic acids is 1. The zero-order valence-corrected chi connectivity index (χ0v) is 16.5. The molecule has 7 heteroatoms. The van der Waals surface area contributed by atoms with Gasteiger partial charge in [-0.25, -0.2) is 4.79 Å². The number of methoxy groups -OCH3 is 1. The lowest BCUT2D eigenvalue weighted by Gasteiger charge is -2.07. The molecule has 0 bridgehead atoms. The fourth-order valence-corrected chi connectivity index (χ4v) is 4.14. The molecule has 0 aliphatic heterocycles. The lowest BCUT2D eigenvalue weighted by atomic mass is 10.2. The maximum absolute atomic E-state index is 12.3. The summed E-state index contributed by atoms with van der Waals surface area (Å²) < 4.78 is 16.7. The third-order valence-electron chi connectivity index (χ3n) is 3.71. The van der Waals surface area contributed by atoms with Crippen molar-refractivity contribution in [2.75, 3.05) is 20.3 Å². The quantitative estimate of drug-likeness (QED) is 0.382. The molecule has 26 heavy (non-hydrogen) atoms. The standard InChI is InChI=1S/C19H16Cl2O4S/c1-11-3-5-12(6-4-11)24-9-10-25-19(22)18-15(20)13-7-8-14(23-2)16(21)17(13)26-18/h3-8H,9-10H2,1-2H3. The van der Waals surface area contributed by atoms with Gasteiger partial charge in [0.1, 0.15) is 34.6 Å². The number of ether oxygens (including phenoxy) is 3. The lowest BCUT2D eigenvalue weighted by Crippen LogP contribution is -2.11. The molecular formula is C19H16Cl2O4S. The SMILES string of the molecule is COc1ccc2c(Cl)c(C(=O)OCCOc3ccc(C)cc3)sc2c1Cl. The number of fused-ring (bicyclic) bond motifs is 1. The fourth-order valence-electron chi connectivity index (χ4n) is 2.36. The van der Waals surface area contributed by atoms with E-state index in [0.29, 0.717) is 30.8 Å². The van der Waals surface area contributed by atoms with Crippen molar-refractivity contribution in [1.29, 1.82) is 0 Å². The second kappa shape index (κ2) is 8.16. The van der Waals surface area contributed by atoms with Crippen LogP contribution in [0.2, 0.25) is 10.0 Å². The van der Waals surface area contributed by atoms with Gasteiger partial charge in [-0.3, -0.25) is 0 Å². The van der Waals surface area contributed by atoms with E-state index in [9.17, 15) is 4.79 Å². The Balaban J connectivity index is 1.65. The van der Waals surface area contributed by atoms with Crippen LogP contribution in [-0.4, -0.2) is 26.3 Å². The number of benzene rings is 2. The van der Waals surface area contributed by atoms with Crippen molar-refractivity contribution in [1.82, 2.24) is 0 Å². The van der Waals surface area contributed by atoms with E-state index in [4.69, 9.17) is 37.4 Å². The molecule has 0 fully saturated rings. The summed E-state index contributed by atoms with van der Waals surface area (Å²) in [4.78, 5) is 12.6. The van der Waals surface area contributed by atoms with Crippen LogP contribution in [0.5, 0.6) is 11.5 Å². The van der Waals surface area contributed by atoms with E-state index < -0.39 is 5.97 Å². The topological polar surface area (TPSA) is 44.8 Å². The van der Waals surface area contributed by atoms with Crippen molar-refractivity contribution < 1.29 is 19.0 Å². The maximum Gasteiger partial charge on any atom is 0.350 e. The summed E-state index contributed by atoms with van der Waals surface area (Å²) in [6, 6.07) is 11.1. The van der Waals surface area contributed by atoms with Crippen LogP contribution in [0.4, 0.5) is 0 Å². The molecule has 1 aromatic heterocycles. The van der Waals surface area contributed by atoms with Crippen LogP contribution in [0.3, 0.4) is 0 Å². The summed E-state index contributed by atoms with van der Waals surface area (Å²) in [7, 11) is 1.53. The van der Waals surface area contributed by atoms with Gasteiger partial charge in [-0.15, -0.1) is 11.3 Å². The van der Waals surface area contributed by atoms with Gasteiger partial charge in [-0.2, -0.15) is 0 Å². The largest absolute Gasteiger partial charge is 0.495 e. The van der Waals surface area contributed by atoms with Crippen LogP contribution < -0.4 is 9.47 Å². The van der Waals surface area contributed by atoms with E-state index in [1.807, 2.05) is 31.2 Å². The third kappa shape index (κ3) is 3.90. The predicted molar refractivity (Wildman–Crippen MR) is 105 cm³/mol. The minimum atomic E-state index is -0.501. The molecule has 0 unspecified atom stereocenters. The monoisotopic (exact) mass is 410 g/mol. The van der Waals surface area contributed by atoms with E-state index >= 15 is 0 Å². The third-order valence-corrected chi connectivity index (χ3v) is 5.91. The van der Waals surface area contributed by atoms with Gasteiger partial charge in [0.2, 0.25) is 0 Å². The van der Waals surface area contributed by atoms with E-state index in [1.54, 1.807) is 12.1 Å². The number of esters is 1. The van der Waals surface area contributed by atoms with Crippen molar-refractivity contribution in [3.05, 3.63) is 56.9 Å². The average molecular weight is 411 g/mol. The van der Waals surface area contributed by atoms with Crippen LogP contribution >= 0.6 is 34.5 Å². The molecule has 0 spiro atoms. The first-order valence-electron chi connectivity index (χ1n) is 7.82. The fraction of sp³-hybridized carbons (Fsp3) is 0.211. The van der Waals surface area contributed by atoms with Crippen LogP contribution in [0, 0.1) is 6.92 Å². The zero-order valence-electron chi connectivity index (χ0n) is 14.2. The minimum absolute atomic E-state index is 0.119. The lowest BCUT2D eigenvalue weighted by molar-refractivity contribution is 0.0456. The Kier molecular flexibility index (Phi) is 5.91. The van der Waals surface area contributed by atoms with E-state index in [1.165, 1.54) is 18.4 Å². The molecule has 0 aliphatic carbocycles. The molecule has 0 saturated carbocycles. The van der Waals surface area contributed by atoms with Crippen molar-refractivity contribution >= 4 is 50.6 Å². The van der Waals surface area contributed by atoms with Gasteiger partial charge in [0.15, 0.2) is 0 Å². The maximum atomic E-state index is 12.3. The van der Waals surface area contributed by atoms with Crippen LogP contribution in [0.15, 0.2) is 36.4 Å². The Morgan fingerprint density at radius 2 is 1.77 bits per heavy atom. The van der Waals surface area contributed by atoms with E-state index in [2.05, 4.69) is 0 Å². The van der Waals surface area contributed by atoms with Gasteiger partial charge in [0.05, 0.1) is 16.8 Å². The summed E-state index contributed by atoms with van der Waals surface area (Å²) in [5.74, 6) is 0.757. The molecule has 0 saturated heterocycles. The molecule has 0 N–H and O–H groups in total. The number of hydrogen-bond donors (Lipinski definition) is 0. The number of hydrogen-bond acceptors (Lipinski definition) is 5. The second-order valence-electron chi connectivity index (χ2n) is 5.50. The predicted octanol–water partition coefficient (Wildman–Crippen LogP) is 5.76.